The first-order chi connectivity index (χ1) is 16.5. The van der Waals surface area contributed by atoms with E-state index in [1.807, 2.05) is 20.8 Å². The zero-order chi connectivity index (χ0) is 25.9. The molecule has 0 aromatic heterocycles. The summed E-state index contributed by atoms with van der Waals surface area (Å²) < 4.78 is 27.6. The van der Waals surface area contributed by atoms with E-state index in [1.54, 1.807) is 18.2 Å². The molecule has 2 aromatic carbocycles. The molecule has 3 rings (SSSR count). The molecule has 0 fully saturated rings. The summed E-state index contributed by atoms with van der Waals surface area (Å²) in [6.07, 6.45) is -0.409. The second kappa shape index (κ2) is 10.5. The molecule has 1 unspecified atom stereocenters. The van der Waals surface area contributed by atoms with Gasteiger partial charge in [-0.25, -0.2) is 0 Å². The fraction of sp³-hybridized carbons (Fsp3) is 0.400. The van der Waals surface area contributed by atoms with Gasteiger partial charge in [0, 0.05) is 18.1 Å². The largest absolute Gasteiger partial charge is 0.493 e. The number of nitrogens with zero attached hydrogens (tertiary/aromatic N) is 1. The van der Waals surface area contributed by atoms with E-state index in [0.29, 0.717) is 45.9 Å². The van der Waals surface area contributed by atoms with Crippen molar-refractivity contribution in [3.63, 3.8) is 0 Å². The van der Waals surface area contributed by atoms with Gasteiger partial charge in [-0.3, -0.25) is 14.9 Å². The molecular weight excluding hydrogens is 470 g/mol. The summed E-state index contributed by atoms with van der Waals surface area (Å²) in [5.74, 6) is 1.17. The van der Waals surface area contributed by atoms with Crippen LogP contribution < -0.4 is 18.9 Å². The van der Waals surface area contributed by atoms with Gasteiger partial charge in [0.15, 0.2) is 23.0 Å². The fourth-order valence-electron chi connectivity index (χ4n) is 3.86. The van der Waals surface area contributed by atoms with Crippen molar-refractivity contribution >= 4 is 32.4 Å². The van der Waals surface area contributed by atoms with E-state index < -0.39 is 11.0 Å². The molecule has 0 saturated carbocycles. The van der Waals surface area contributed by atoms with Crippen molar-refractivity contribution in [2.45, 2.75) is 38.3 Å². The third-order valence-corrected chi connectivity index (χ3v) is 6.43. The molecule has 2 aromatic rings. The number of nitro benzene ring substituents is 1. The summed E-state index contributed by atoms with van der Waals surface area (Å²) >= 11 is 0. The van der Waals surface area contributed by atoms with E-state index in [-0.39, 0.29) is 32.0 Å². The molecule has 2 radical (unpaired) electrons. The number of Topliss-reactive ketones (excluding diaryl/α,β-unsaturated/α-hetero) is 1. The highest BCUT2D eigenvalue weighted by molar-refractivity contribution is 6.36. The molecule has 1 atom stereocenters. The van der Waals surface area contributed by atoms with Gasteiger partial charge in [0.2, 0.25) is 15.5 Å². The first-order valence-electron chi connectivity index (χ1n) is 10.9. The van der Waals surface area contributed by atoms with Crippen molar-refractivity contribution in [1.82, 2.24) is 0 Å². The molecule has 0 aliphatic heterocycles. The van der Waals surface area contributed by atoms with Gasteiger partial charge in [-0.2, -0.15) is 0 Å². The molecule has 1 aliphatic carbocycles. The van der Waals surface area contributed by atoms with Gasteiger partial charge in [0.25, 0.3) is 0 Å². The molecule has 0 amide bonds. The third kappa shape index (κ3) is 5.49. The highest BCUT2D eigenvalue weighted by atomic mass is 28.2. The predicted octanol–water partition coefficient (Wildman–Crippen LogP) is 4.74. The number of benzene rings is 2. The van der Waals surface area contributed by atoms with Gasteiger partial charge >= 0.3 is 5.69 Å². The summed E-state index contributed by atoms with van der Waals surface area (Å²) in [6.45, 7) is 6.10. The lowest BCUT2D eigenvalue weighted by molar-refractivity contribution is -0.385. The van der Waals surface area contributed by atoms with Crippen LogP contribution in [0.15, 0.2) is 30.3 Å². The van der Waals surface area contributed by atoms with E-state index in [0.717, 1.165) is 0 Å². The van der Waals surface area contributed by atoms with E-state index in [2.05, 4.69) is 0 Å². The van der Waals surface area contributed by atoms with Crippen molar-refractivity contribution in [3.8, 4) is 23.0 Å². The molecule has 1 aliphatic rings. The van der Waals surface area contributed by atoms with Crippen molar-refractivity contribution in [1.29, 1.82) is 0 Å². The van der Waals surface area contributed by atoms with Crippen LogP contribution >= 0.6 is 0 Å². The lowest BCUT2D eigenvalue weighted by Crippen LogP contribution is -2.26. The maximum atomic E-state index is 13.6. The molecule has 10 heteroatoms. The van der Waals surface area contributed by atoms with Gasteiger partial charge in [-0.15, -0.1) is 0 Å². The Labute approximate surface area is 207 Å². The number of ketones is 1. The van der Waals surface area contributed by atoms with E-state index in [1.165, 1.54) is 40.6 Å². The molecule has 186 valence electrons. The van der Waals surface area contributed by atoms with Crippen LogP contribution in [-0.4, -0.2) is 55.0 Å². The van der Waals surface area contributed by atoms with Crippen molar-refractivity contribution in [2.24, 2.45) is 0 Å². The van der Waals surface area contributed by atoms with Crippen LogP contribution in [0.25, 0.3) is 11.1 Å². The summed E-state index contributed by atoms with van der Waals surface area (Å²) in [6, 6.07) is 8.02. The molecule has 9 nitrogen and oxygen atoms in total. The topological polar surface area (TPSA) is 106 Å². The van der Waals surface area contributed by atoms with Crippen LogP contribution in [0.5, 0.6) is 23.0 Å². The first-order valence-corrected chi connectivity index (χ1v) is 11.8. The van der Waals surface area contributed by atoms with Crippen LogP contribution in [0, 0.1) is 10.1 Å². The van der Waals surface area contributed by atoms with Gasteiger partial charge in [0.05, 0.1) is 33.4 Å². The lowest BCUT2D eigenvalue weighted by atomic mass is 9.95. The highest BCUT2D eigenvalue weighted by Crippen LogP contribution is 2.46. The minimum atomic E-state index is -0.710. The zero-order valence-electron chi connectivity index (χ0n) is 20.9. The Morgan fingerprint density at radius 1 is 0.914 bits per heavy atom. The maximum Gasteiger partial charge on any atom is 0.311 e. The smallest absolute Gasteiger partial charge is 0.311 e. The van der Waals surface area contributed by atoms with Gasteiger partial charge in [0.1, 0.15) is 6.10 Å². The lowest BCUT2D eigenvalue weighted by Gasteiger charge is -2.19. The fourth-order valence-corrected chi connectivity index (χ4v) is 4.54. The number of carbonyl (C=O) groups is 1. The number of nitro groups is 1. The second-order valence-corrected chi connectivity index (χ2v) is 10.9. The zero-order valence-corrected chi connectivity index (χ0v) is 21.9. The Morgan fingerprint density at radius 2 is 1.51 bits per heavy atom. The van der Waals surface area contributed by atoms with Crippen LogP contribution in [0.2, 0.25) is 5.04 Å². The number of hydrogen-bond donors (Lipinski definition) is 0. The standard InChI is InChI=1S/C25H29NO8Si/c1-25(2,3)35-34-19-13-16(15-11-20(31-5)24(33-7)21(12-15)32-6)22(23(19)27)14-8-9-18(30-4)17(10-14)26(28)29/h8-12,19H,13H2,1-7H3. The SMILES string of the molecule is COc1ccc(C2=C(c3cc(OC)c(OC)c(OC)c3)CC(O[Si]C(C)(C)C)C2=O)cc1[N+](=O)[O-]. The Hall–Kier alpha value is -3.37. The minimum absolute atomic E-state index is 0.0961. The molecule has 0 saturated heterocycles. The van der Waals surface area contributed by atoms with Crippen LogP contribution in [0.3, 0.4) is 0 Å². The molecule has 0 bridgehead atoms. The molecule has 0 heterocycles. The van der Waals surface area contributed by atoms with Gasteiger partial charge < -0.3 is 23.4 Å². The number of hydrogen-bond acceptors (Lipinski definition) is 8. The van der Waals surface area contributed by atoms with Crippen molar-refractivity contribution < 1.29 is 33.1 Å². The Morgan fingerprint density at radius 3 is 2.00 bits per heavy atom. The quantitative estimate of drug-likeness (QED) is 0.277. The first kappa shape index (κ1) is 26.2. The highest BCUT2D eigenvalue weighted by Gasteiger charge is 2.37. The van der Waals surface area contributed by atoms with Crippen LogP contribution in [0.1, 0.15) is 38.3 Å². The number of rotatable bonds is 9. The Balaban J connectivity index is 2.21. The van der Waals surface area contributed by atoms with Crippen molar-refractivity contribution in [2.75, 3.05) is 28.4 Å². The summed E-state index contributed by atoms with van der Waals surface area (Å²) in [4.78, 5) is 24.7. The monoisotopic (exact) mass is 499 g/mol. The Bertz CT molecular complexity index is 1140. The van der Waals surface area contributed by atoms with Crippen LogP contribution in [0.4, 0.5) is 5.69 Å². The summed E-state index contributed by atoms with van der Waals surface area (Å²) in [5.41, 5.74) is 1.89. The second-order valence-electron chi connectivity index (χ2n) is 8.94. The van der Waals surface area contributed by atoms with Crippen molar-refractivity contribution in [3.05, 3.63) is 51.6 Å². The molecular formula is C25H29NO8Si. The van der Waals surface area contributed by atoms with E-state index >= 15 is 0 Å². The minimum Gasteiger partial charge on any atom is -0.493 e. The average Bonchev–Trinajstić information content (AvgIpc) is 3.16. The van der Waals surface area contributed by atoms with Gasteiger partial charge in [-0.1, -0.05) is 26.8 Å². The van der Waals surface area contributed by atoms with Gasteiger partial charge in [-0.05, 0) is 39.9 Å². The van der Waals surface area contributed by atoms with E-state index in [4.69, 9.17) is 23.4 Å². The number of carbonyl (C=O) groups excluding carboxylic acids is 1. The normalized spacial score (nSPS) is 15.9. The Kier molecular flexibility index (Phi) is 7.86. The molecule has 0 spiro atoms. The number of ether oxygens (including phenoxy) is 4. The third-order valence-electron chi connectivity index (χ3n) is 5.41. The average molecular weight is 500 g/mol. The summed E-state index contributed by atoms with van der Waals surface area (Å²) in [7, 11) is 6.00. The maximum absolute atomic E-state index is 13.6. The van der Waals surface area contributed by atoms with E-state index in [9.17, 15) is 14.9 Å². The van der Waals surface area contributed by atoms with Crippen LogP contribution in [-0.2, 0) is 9.22 Å². The predicted molar refractivity (Wildman–Crippen MR) is 133 cm³/mol. The number of methoxy groups -OCH3 is 4. The summed E-state index contributed by atoms with van der Waals surface area (Å²) in [5, 5.41) is 11.5. The molecule has 0 N–H and O–H groups in total. The molecule has 35 heavy (non-hydrogen) atoms.